The lowest BCUT2D eigenvalue weighted by molar-refractivity contribution is 0.0943. The number of aromatic nitrogens is 2. The van der Waals surface area contributed by atoms with Crippen molar-refractivity contribution in [3.05, 3.63) is 34.9 Å². The first-order valence-corrected chi connectivity index (χ1v) is 6.98. The fourth-order valence-corrected chi connectivity index (χ4v) is 2.30. The first-order chi connectivity index (χ1) is 10.0. The molecule has 2 N–H and O–H groups in total. The van der Waals surface area contributed by atoms with E-state index in [1.807, 2.05) is 13.8 Å². The monoisotopic (exact) mass is 360 g/mol. The van der Waals surface area contributed by atoms with Crippen molar-refractivity contribution in [2.45, 2.75) is 13.8 Å². The van der Waals surface area contributed by atoms with Crippen molar-refractivity contribution in [2.75, 3.05) is 19.6 Å². The van der Waals surface area contributed by atoms with Crippen LogP contribution in [0.25, 0.3) is 11.0 Å². The molecular weight excluding hydrogens is 342 g/mol. The minimum absolute atomic E-state index is 0. The van der Waals surface area contributed by atoms with Crippen molar-refractivity contribution in [3.8, 4) is 0 Å². The van der Waals surface area contributed by atoms with E-state index in [1.165, 1.54) is 12.1 Å². The molecule has 1 aliphatic heterocycles. The van der Waals surface area contributed by atoms with Gasteiger partial charge >= 0.3 is 0 Å². The molecule has 0 atom stereocenters. The quantitative estimate of drug-likeness (QED) is 0.880. The largest absolute Gasteiger partial charge is 0.352 e. The zero-order valence-corrected chi connectivity index (χ0v) is 14.5. The molecule has 0 aliphatic carbocycles. The predicted octanol–water partition coefficient (Wildman–Crippen LogP) is 2.18. The van der Waals surface area contributed by atoms with Gasteiger partial charge in [-0.1, -0.05) is 0 Å². The lowest BCUT2D eigenvalue weighted by Crippen LogP contribution is -2.48. The Morgan fingerprint density at radius 1 is 1.26 bits per heavy atom. The zero-order chi connectivity index (χ0) is 15.0. The molecule has 1 saturated heterocycles. The van der Waals surface area contributed by atoms with Gasteiger partial charge in [0.2, 0.25) is 0 Å². The number of aryl methyl sites for hydroxylation is 2. The highest BCUT2D eigenvalue weighted by Crippen LogP contribution is 2.19. The smallest absolute Gasteiger partial charge is 0.253 e. The van der Waals surface area contributed by atoms with E-state index < -0.39 is 5.82 Å². The van der Waals surface area contributed by atoms with Crippen LogP contribution < -0.4 is 10.6 Å². The summed E-state index contributed by atoms with van der Waals surface area (Å²) in [4.78, 5) is 21.0. The first kappa shape index (κ1) is 19.5. The second-order valence-corrected chi connectivity index (χ2v) is 5.45. The number of rotatable bonds is 3. The van der Waals surface area contributed by atoms with Gasteiger partial charge in [0.15, 0.2) is 0 Å². The van der Waals surface area contributed by atoms with Gasteiger partial charge in [0.1, 0.15) is 11.3 Å². The third-order valence-corrected chi connectivity index (χ3v) is 3.81. The molecule has 8 heteroatoms. The molecule has 0 saturated carbocycles. The standard InChI is InChI=1S/C15H17FN4O.2ClH/c1-8-9(2)20-14-12(3-11(16)4-13(14)19-8)15(21)18-7-10-5-17-6-10;;/h3-4,10,17H,5-7H2,1-2H3,(H,18,21);2*1H. The summed E-state index contributed by atoms with van der Waals surface area (Å²) >= 11 is 0. The Labute approximate surface area is 146 Å². The average molecular weight is 361 g/mol. The molecule has 1 fully saturated rings. The van der Waals surface area contributed by atoms with Crippen molar-refractivity contribution < 1.29 is 9.18 Å². The number of nitrogens with one attached hydrogen (secondary N) is 2. The molecular formula is C15H19Cl2FN4O. The number of carbonyl (C=O) groups excluding carboxylic acids is 1. The molecule has 1 aromatic carbocycles. The van der Waals surface area contributed by atoms with Crippen LogP contribution in [-0.4, -0.2) is 35.5 Å². The van der Waals surface area contributed by atoms with Crippen LogP contribution in [0.1, 0.15) is 21.7 Å². The van der Waals surface area contributed by atoms with Crippen molar-refractivity contribution in [1.82, 2.24) is 20.6 Å². The van der Waals surface area contributed by atoms with Gasteiger partial charge in [0, 0.05) is 31.6 Å². The van der Waals surface area contributed by atoms with Crippen molar-refractivity contribution >= 4 is 41.8 Å². The van der Waals surface area contributed by atoms with E-state index in [1.54, 1.807) is 0 Å². The molecule has 1 aliphatic rings. The third kappa shape index (κ3) is 4.07. The van der Waals surface area contributed by atoms with Gasteiger partial charge in [0.25, 0.3) is 5.91 Å². The van der Waals surface area contributed by atoms with E-state index in [9.17, 15) is 9.18 Å². The summed E-state index contributed by atoms with van der Waals surface area (Å²) in [6.45, 7) is 6.04. The fraction of sp³-hybridized carbons (Fsp3) is 0.400. The van der Waals surface area contributed by atoms with Gasteiger partial charge in [-0.2, -0.15) is 0 Å². The van der Waals surface area contributed by atoms with E-state index in [4.69, 9.17) is 0 Å². The molecule has 23 heavy (non-hydrogen) atoms. The highest BCUT2D eigenvalue weighted by Gasteiger charge is 2.20. The molecule has 0 spiro atoms. The number of fused-ring (bicyclic) bond motifs is 1. The first-order valence-electron chi connectivity index (χ1n) is 6.98. The van der Waals surface area contributed by atoms with Gasteiger partial charge in [-0.25, -0.2) is 14.4 Å². The fourth-order valence-electron chi connectivity index (χ4n) is 2.30. The molecule has 2 heterocycles. The van der Waals surface area contributed by atoms with Crippen LogP contribution in [0.5, 0.6) is 0 Å². The van der Waals surface area contributed by atoms with Gasteiger partial charge in [-0.15, -0.1) is 24.8 Å². The maximum absolute atomic E-state index is 13.7. The van der Waals surface area contributed by atoms with Crippen LogP contribution >= 0.6 is 24.8 Å². The highest BCUT2D eigenvalue weighted by molar-refractivity contribution is 6.04. The van der Waals surface area contributed by atoms with Gasteiger partial charge in [0.05, 0.1) is 22.5 Å². The Kier molecular flexibility index (Phi) is 6.68. The summed E-state index contributed by atoms with van der Waals surface area (Å²) in [6.07, 6.45) is 0. The maximum Gasteiger partial charge on any atom is 0.253 e. The van der Waals surface area contributed by atoms with Gasteiger partial charge in [-0.3, -0.25) is 4.79 Å². The van der Waals surface area contributed by atoms with Crippen LogP contribution in [-0.2, 0) is 0 Å². The van der Waals surface area contributed by atoms with Gasteiger partial charge in [-0.05, 0) is 19.9 Å². The Morgan fingerprint density at radius 3 is 2.52 bits per heavy atom. The van der Waals surface area contributed by atoms with Crippen molar-refractivity contribution in [3.63, 3.8) is 0 Å². The number of nitrogens with zero attached hydrogens (tertiary/aromatic N) is 2. The minimum atomic E-state index is -0.476. The van der Waals surface area contributed by atoms with E-state index in [2.05, 4.69) is 20.6 Å². The summed E-state index contributed by atoms with van der Waals surface area (Å²) in [6, 6.07) is 2.53. The van der Waals surface area contributed by atoms with E-state index in [0.717, 1.165) is 24.5 Å². The number of benzene rings is 1. The van der Waals surface area contributed by atoms with E-state index >= 15 is 0 Å². The van der Waals surface area contributed by atoms with Crippen LogP contribution in [0.2, 0.25) is 0 Å². The molecule has 1 aromatic heterocycles. The Hall–Kier alpha value is -1.50. The Balaban J connectivity index is 0.00000132. The average Bonchev–Trinajstić information content (AvgIpc) is 2.38. The number of carbonyl (C=O) groups is 1. The molecule has 0 radical (unpaired) electrons. The van der Waals surface area contributed by atoms with Crippen molar-refractivity contribution in [2.24, 2.45) is 5.92 Å². The summed E-state index contributed by atoms with van der Waals surface area (Å²) in [5.41, 5.74) is 2.58. The Morgan fingerprint density at radius 2 is 1.91 bits per heavy atom. The topological polar surface area (TPSA) is 66.9 Å². The number of hydrogen-bond donors (Lipinski definition) is 2. The molecule has 126 valence electrons. The number of amides is 1. The van der Waals surface area contributed by atoms with Crippen LogP contribution in [0, 0.1) is 25.6 Å². The second kappa shape index (κ2) is 7.86. The van der Waals surface area contributed by atoms with Gasteiger partial charge < -0.3 is 10.6 Å². The van der Waals surface area contributed by atoms with E-state index in [-0.39, 0.29) is 36.3 Å². The summed E-state index contributed by atoms with van der Waals surface area (Å²) in [7, 11) is 0. The Bertz CT molecular complexity index is 722. The lowest BCUT2D eigenvalue weighted by atomic mass is 10.0. The lowest BCUT2D eigenvalue weighted by Gasteiger charge is -2.27. The predicted molar refractivity (Wildman–Crippen MR) is 92.2 cm³/mol. The second-order valence-electron chi connectivity index (χ2n) is 5.45. The van der Waals surface area contributed by atoms with Crippen LogP contribution in [0.15, 0.2) is 12.1 Å². The molecule has 1 amide bonds. The van der Waals surface area contributed by atoms with Crippen molar-refractivity contribution in [1.29, 1.82) is 0 Å². The zero-order valence-electron chi connectivity index (χ0n) is 12.9. The third-order valence-electron chi connectivity index (χ3n) is 3.81. The summed E-state index contributed by atoms with van der Waals surface area (Å²) in [5.74, 6) is -0.330. The number of hydrogen-bond acceptors (Lipinski definition) is 4. The summed E-state index contributed by atoms with van der Waals surface area (Å²) < 4.78 is 13.7. The van der Waals surface area contributed by atoms with Crippen LogP contribution in [0.4, 0.5) is 4.39 Å². The maximum atomic E-state index is 13.7. The SMILES string of the molecule is Cc1nc2cc(F)cc(C(=O)NCC3CNC3)c2nc1C.Cl.Cl. The molecule has 0 unspecified atom stereocenters. The molecule has 3 rings (SSSR count). The normalized spacial score (nSPS) is 13.7. The van der Waals surface area contributed by atoms with Crippen LogP contribution in [0.3, 0.4) is 0 Å². The molecule has 2 aromatic rings. The molecule has 0 bridgehead atoms. The highest BCUT2D eigenvalue weighted by atomic mass is 35.5. The summed E-state index contributed by atoms with van der Waals surface area (Å²) in [5, 5.41) is 5.98. The van der Waals surface area contributed by atoms with E-state index in [0.29, 0.717) is 23.5 Å². The molecule has 5 nitrogen and oxygen atoms in total. The number of halogens is 3. The minimum Gasteiger partial charge on any atom is -0.352 e.